The monoisotopic (exact) mass is 300 g/mol. The number of nitrogens with one attached hydrogen (secondary N) is 2. The van der Waals surface area contributed by atoms with E-state index < -0.39 is 0 Å². The summed E-state index contributed by atoms with van der Waals surface area (Å²) in [4.78, 5) is 23.7. The van der Waals surface area contributed by atoms with E-state index in [1.54, 1.807) is 4.68 Å². The van der Waals surface area contributed by atoms with Gasteiger partial charge in [0.15, 0.2) is 0 Å². The lowest BCUT2D eigenvalue weighted by Gasteiger charge is -2.09. The van der Waals surface area contributed by atoms with Gasteiger partial charge in [0.05, 0.1) is 12.1 Å². The summed E-state index contributed by atoms with van der Waals surface area (Å²) in [6.07, 6.45) is 0.229. The molecule has 0 aliphatic heterocycles. The molecule has 1 aromatic carbocycles. The normalized spacial score (nSPS) is 10.3. The fraction of sp³-hybridized carbons (Fsp3) is 0.312. The van der Waals surface area contributed by atoms with Gasteiger partial charge in [0.1, 0.15) is 6.54 Å². The van der Waals surface area contributed by atoms with Crippen molar-refractivity contribution >= 4 is 11.8 Å². The van der Waals surface area contributed by atoms with Crippen LogP contribution in [0.15, 0.2) is 30.3 Å². The molecule has 0 unspecified atom stereocenters. The van der Waals surface area contributed by atoms with Crippen molar-refractivity contribution in [3.63, 3.8) is 0 Å². The number of aromatic nitrogens is 2. The molecule has 0 bridgehead atoms. The van der Waals surface area contributed by atoms with Gasteiger partial charge in [-0.25, -0.2) is 0 Å². The minimum Gasteiger partial charge on any atom is -0.273 e. The number of hydrogen-bond acceptors (Lipinski definition) is 3. The zero-order valence-corrected chi connectivity index (χ0v) is 13.0. The number of rotatable bonds is 4. The number of hydrazine groups is 1. The Morgan fingerprint density at radius 3 is 2.41 bits per heavy atom. The first-order valence-electron chi connectivity index (χ1n) is 7.09. The first kappa shape index (κ1) is 15.8. The molecule has 0 atom stereocenters. The van der Waals surface area contributed by atoms with Crippen LogP contribution in [-0.4, -0.2) is 21.6 Å². The van der Waals surface area contributed by atoms with Crippen LogP contribution in [0, 0.1) is 20.8 Å². The molecule has 0 saturated heterocycles. The average molecular weight is 300 g/mol. The molecule has 2 rings (SSSR count). The van der Waals surface area contributed by atoms with Gasteiger partial charge in [-0.1, -0.05) is 24.3 Å². The van der Waals surface area contributed by atoms with Crippen molar-refractivity contribution < 1.29 is 9.59 Å². The number of nitrogens with zero attached hydrogens (tertiary/aromatic N) is 2. The Bertz CT molecular complexity index is 691. The highest BCUT2D eigenvalue weighted by atomic mass is 16.2. The topological polar surface area (TPSA) is 76.0 Å². The van der Waals surface area contributed by atoms with Crippen molar-refractivity contribution in [1.82, 2.24) is 20.6 Å². The van der Waals surface area contributed by atoms with E-state index in [1.165, 1.54) is 0 Å². The lowest BCUT2D eigenvalue weighted by atomic mass is 10.1. The molecular formula is C16H20N4O2. The SMILES string of the molecule is Cc1cc(C)n(CC(=O)NNC(=O)Cc2ccccc2C)n1. The lowest BCUT2D eigenvalue weighted by molar-refractivity contribution is -0.129. The zero-order chi connectivity index (χ0) is 16.1. The number of aryl methyl sites for hydroxylation is 3. The van der Waals surface area contributed by atoms with E-state index in [2.05, 4.69) is 16.0 Å². The van der Waals surface area contributed by atoms with Crippen LogP contribution in [0.2, 0.25) is 0 Å². The third-order valence-electron chi connectivity index (χ3n) is 3.35. The van der Waals surface area contributed by atoms with Crippen LogP contribution < -0.4 is 10.9 Å². The molecule has 116 valence electrons. The largest absolute Gasteiger partial charge is 0.273 e. The molecular weight excluding hydrogens is 280 g/mol. The summed E-state index contributed by atoms with van der Waals surface area (Å²) in [6, 6.07) is 9.55. The third kappa shape index (κ3) is 4.18. The molecule has 2 aromatic rings. The summed E-state index contributed by atoms with van der Waals surface area (Å²) in [5.74, 6) is -0.569. The number of amides is 2. The fourth-order valence-electron chi connectivity index (χ4n) is 2.18. The molecule has 1 aromatic heterocycles. The molecule has 1 heterocycles. The quantitative estimate of drug-likeness (QED) is 0.833. The van der Waals surface area contributed by atoms with Gasteiger partial charge in [0.2, 0.25) is 5.91 Å². The number of hydrogen-bond donors (Lipinski definition) is 2. The average Bonchev–Trinajstić information content (AvgIpc) is 2.77. The maximum atomic E-state index is 11.8. The van der Waals surface area contributed by atoms with E-state index in [0.29, 0.717) is 0 Å². The highest BCUT2D eigenvalue weighted by Gasteiger charge is 2.09. The molecule has 0 radical (unpaired) electrons. The molecule has 6 heteroatoms. The molecule has 0 fully saturated rings. The van der Waals surface area contributed by atoms with Crippen LogP contribution in [0.4, 0.5) is 0 Å². The van der Waals surface area contributed by atoms with Gasteiger partial charge >= 0.3 is 0 Å². The Morgan fingerprint density at radius 1 is 1.09 bits per heavy atom. The third-order valence-corrected chi connectivity index (χ3v) is 3.35. The van der Waals surface area contributed by atoms with Crippen LogP contribution >= 0.6 is 0 Å². The van der Waals surface area contributed by atoms with Crippen molar-refractivity contribution in [2.24, 2.45) is 0 Å². The summed E-state index contributed by atoms with van der Waals surface area (Å²) in [5.41, 5.74) is 8.58. The second kappa shape index (κ2) is 6.89. The zero-order valence-electron chi connectivity index (χ0n) is 13.0. The van der Waals surface area contributed by atoms with Gasteiger partial charge in [-0.15, -0.1) is 0 Å². The number of benzene rings is 1. The van der Waals surface area contributed by atoms with E-state index >= 15 is 0 Å². The Kier molecular flexibility index (Phi) is 4.93. The van der Waals surface area contributed by atoms with E-state index in [-0.39, 0.29) is 24.8 Å². The summed E-state index contributed by atoms with van der Waals surface area (Å²) in [5, 5.41) is 4.20. The minimum atomic E-state index is -0.315. The smallest absolute Gasteiger partial charge is 0.260 e. The molecule has 0 saturated carbocycles. The molecule has 0 aliphatic carbocycles. The van der Waals surface area contributed by atoms with Crippen molar-refractivity contribution in [1.29, 1.82) is 0 Å². The minimum absolute atomic E-state index is 0.0737. The number of carbonyl (C=O) groups excluding carboxylic acids is 2. The molecule has 6 nitrogen and oxygen atoms in total. The first-order valence-corrected chi connectivity index (χ1v) is 7.09. The predicted octanol–water partition coefficient (Wildman–Crippen LogP) is 1.20. The summed E-state index contributed by atoms with van der Waals surface area (Å²) in [6.45, 7) is 5.77. The predicted molar refractivity (Wildman–Crippen MR) is 82.9 cm³/mol. The van der Waals surface area contributed by atoms with Crippen molar-refractivity contribution in [3.05, 3.63) is 52.8 Å². The molecule has 2 N–H and O–H groups in total. The van der Waals surface area contributed by atoms with Crippen LogP contribution in [-0.2, 0) is 22.6 Å². The highest BCUT2D eigenvalue weighted by molar-refractivity contribution is 5.83. The highest BCUT2D eigenvalue weighted by Crippen LogP contribution is 2.07. The maximum absolute atomic E-state index is 11.8. The van der Waals surface area contributed by atoms with Crippen LogP contribution in [0.1, 0.15) is 22.5 Å². The summed E-state index contributed by atoms with van der Waals surface area (Å²) >= 11 is 0. The van der Waals surface area contributed by atoms with Crippen LogP contribution in [0.5, 0.6) is 0 Å². The molecule has 22 heavy (non-hydrogen) atoms. The Labute approximate surface area is 129 Å². The molecule has 2 amide bonds. The standard InChI is InChI=1S/C16H20N4O2/c1-11-6-4-5-7-14(11)9-15(21)17-18-16(22)10-20-13(3)8-12(2)19-20/h4-8H,9-10H2,1-3H3,(H,17,21)(H,18,22). The second-order valence-corrected chi connectivity index (χ2v) is 5.28. The number of carbonyl (C=O) groups is 2. The van der Waals surface area contributed by atoms with Gasteiger partial charge in [0.25, 0.3) is 5.91 Å². The summed E-state index contributed by atoms with van der Waals surface area (Å²) < 4.78 is 1.60. The van der Waals surface area contributed by atoms with E-state index in [0.717, 1.165) is 22.5 Å². The van der Waals surface area contributed by atoms with E-state index in [4.69, 9.17) is 0 Å². The van der Waals surface area contributed by atoms with E-state index in [1.807, 2.05) is 51.1 Å². The Balaban J connectivity index is 1.82. The Morgan fingerprint density at radius 2 is 1.77 bits per heavy atom. The molecule has 0 spiro atoms. The van der Waals surface area contributed by atoms with Gasteiger partial charge in [-0.05, 0) is 38.0 Å². The maximum Gasteiger partial charge on any atom is 0.260 e. The first-order chi connectivity index (χ1) is 10.5. The molecule has 0 aliphatic rings. The fourth-order valence-corrected chi connectivity index (χ4v) is 2.18. The van der Waals surface area contributed by atoms with Crippen LogP contribution in [0.3, 0.4) is 0 Å². The Hall–Kier alpha value is -2.63. The van der Waals surface area contributed by atoms with Gasteiger partial charge < -0.3 is 0 Å². The van der Waals surface area contributed by atoms with Crippen molar-refractivity contribution in [2.45, 2.75) is 33.7 Å². The van der Waals surface area contributed by atoms with E-state index in [9.17, 15) is 9.59 Å². The van der Waals surface area contributed by atoms with Crippen LogP contribution in [0.25, 0.3) is 0 Å². The second-order valence-electron chi connectivity index (χ2n) is 5.28. The summed E-state index contributed by atoms with van der Waals surface area (Å²) in [7, 11) is 0. The lowest BCUT2D eigenvalue weighted by Crippen LogP contribution is -2.44. The van der Waals surface area contributed by atoms with Gasteiger partial charge in [-0.3, -0.25) is 25.1 Å². The van der Waals surface area contributed by atoms with Gasteiger partial charge in [-0.2, -0.15) is 5.10 Å². The van der Waals surface area contributed by atoms with Gasteiger partial charge in [0, 0.05) is 5.69 Å². The van der Waals surface area contributed by atoms with Crippen molar-refractivity contribution in [3.8, 4) is 0 Å². The van der Waals surface area contributed by atoms with Crippen molar-refractivity contribution in [2.75, 3.05) is 0 Å².